The first-order chi connectivity index (χ1) is 14.8. The van der Waals surface area contributed by atoms with Crippen molar-refractivity contribution in [3.8, 4) is 0 Å². The number of rotatable bonds is 8. The number of nitrogens with zero attached hydrogens (tertiary/aromatic N) is 2. The highest BCUT2D eigenvalue weighted by Gasteiger charge is 2.28. The third kappa shape index (κ3) is 6.10. The zero-order chi connectivity index (χ0) is 22.4. The number of carbonyl (C=O) groups excluding carboxylic acids is 1. The molecule has 1 amide bonds. The van der Waals surface area contributed by atoms with Gasteiger partial charge in [0.1, 0.15) is 17.1 Å². The molecule has 1 atom stereocenters. The molecule has 2 heterocycles. The fourth-order valence-electron chi connectivity index (χ4n) is 3.95. The fraction of sp³-hybridized carbons (Fsp3) is 0.500. The van der Waals surface area contributed by atoms with E-state index in [4.69, 9.17) is 4.42 Å². The van der Waals surface area contributed by atoms with Gasteiger partial charge in [-0.25, -0.2) is 4.99 Å². The van der Waals surface area contributed by atoms with Gasteiger partial charge < -0.3 is 25.1 Å². The molecule has 1 aliphatic rings. The number of nitrogens with one attached hydrogen (secondary N) is 2. The first-order valence-electron chi connectivity index (χ1n) is 11.0. The monoisotopic (exact) mass is 426 g/mol. The summed E-state index contributed by atoms with van der Waals surface area (Å²) in [4.78, 5) is 18.5. The molecule has 1 saturated heterocycles. The number of hydrogen-bond acceptors (Lipinski definition) is 4. The molecule has 7 heteroatoms. The van der Waals surface area contributed by atoms with E-state index < -0.39 is 5.60 Å². The van der Waals surface area contributed by atoms with Crippen molar-refractivity contribution >= 4 is 11.9 Å². The quantitative estimate of drug-likeness (QED) is 0.446. The molecule has 1 unspecified atom stereocenters. The smallest absolute Gasteiger partial charge is 0.222 e. The lowest BCUT2D eigenvalue weighted by molar-refractivity contribution is -0.128. The molecular weight excluding hydrogens is 392 g/mol. The van der Waals surface area contributed by atoms with Gasteiger partial charge in [0.05, 0.1) is 13.1 Å². The summed E-state index contributed by atoms with van der Waals surface area (Å²) in [5.41, 5.74) is 1.89. The first kappa shape index (κ1) is 22.9. The van der Waals surface area contributed by atoms with E-state index in [0.717, 1.165) is 47.7 Å². The minimum Gasteiger partial charge on any atom is -0.466 e. The maximum absolute atomic E-state index is 11.9. The van der Waals surface area contributed by atoms with Crippen LogP contribution in [-0.2, 0) is 23.5 Å². The van der Waals surface area contributed by atoms with Crippen molar-refractivity contribution in [2.24, 2.45) is 4.99 Å². The van der Waals surface area contributed by atoms with E-state index in [-0.39, 0.29) is 5.91 Å². The third-order valence-corrected chi connectivity index (χ3v) is 5.52. The van der Waals surface area contributed by atoms with Crippen LogP contribution in [0, 0.1) is 13.8 Å². The molecule has 1 aliphatic heterocycles. The Morgan fingerprint density at radius 3 is 2.68 bits per heavy atom. The zero-order valence-electron chi connectivity index (χ0n) is 19.0. The molecule has 0 aliphatic carbocycles. The lowest BCUT2D eigenvalue weighted by Gasteiger charge is -2.24. The molecule has 3 N–H and O–H groups in total. The third-order valence-electron chi connectivity index (χ3n) is 5.52. The van der Waals surface area contributed by atoms with Crippen LogP contribution in [0.5, 0.6) is 0 Å². The standard InChI is InChI=1S/C24H34N4O3/c1-5-25-23(27-16-24(4,30)21-12-17(2)31-18(21)3)26-14-19-8-6-9-20(13-19)15-28-11-7-10-22(28)29/h6,8-9,12-13,30H,5,7,10-11,14-16H2,1-4H3,(H2,25,26,27). The molecule has 7 nitrogen and oxygen atoms in total. The highest BCUT2D eigenvalue weighted by molar-refractivity contribution is 5.80. The number of aliphatic hydroxyl groups is 1. The van der Waals surface area contributed by atoms with Crippen molar-refractivity contribution in [2.75, 3.05) is 19.6 Å². The Kier molecular flexibility index (Phi) is 7.38. The van der Waals surface area contributed by atoms with Crippen LogP contribution in [-0.4, -0.2) is 41.5 Å². The fourth-order valence-corrected chi connectivity index (χ4v) is 3.95. The number of likely N-dealkylation sites (tertiary alicyclic amines) is 1. The lowest BCUT2D eigenvalue weighted by Crippen LogP contribution is -2.44. The Morgan fingerprint density at radius 2 is 2.03 bits per heavy atom. The van der Waals surface area contributed by atoms with E-state index in [9.17, 15) is 9.90 Å². The molecule has 2 aromatic rings. The average Bonchev–Trinajstić information content (AvgIpc) is 3.29. The second kappa shape index (κ2) is 10.0. The predicted octanol–water partition coefficient (Wildman–Crippen LogP) is 2.98. The molecule has 0 spiro atoms. The second-order valence-corrected chi connectivity index (χ2v) is 8.39. The van der Waals surface area contributed by atoms with Crippen molar-refractivity contribution in [3.05, 3.63) is 58.5 Å². The molecule has 1 fully saturated rings. The topological polar surface area (TPSA) is 90.1 Å². The van der Waals surface area contributed by atoms with Gasteiger partial charge in [-0.2, -0.15) is 0 Å². The second-order valence-electron chi connectivity index (χ2n) is 8.39. The molecule has 168 valence electrons. The summed E-state index contributed by atoms with van der Waals surface area (Å²) < 4.78 is 5.57. The maximum atomic E-state index is 11.9. The van der Waals surface area contributed by atoms with Gasteiger partial charge in [-0.15, -0.1) is 0 Å². The molecular formula is C24H34N4O3. The van der Waals surface area contributed by atoms with Gasteiger partial charge in [0, 0.05) is 31.6 Å². The van der Waals surface area contributed by atoms with Gasteiger partial charge in [0.15, 0.2) is 5.96 Å². The summed E-state index contributed by atoms with van der Waals surface area (Å²) in [5.74, 6) is 2.38. The van der Waals surface area contributed by atoms with Crippen LogP contribution in [0.25, 0.3) is 0 Å². The SMILES string of the molecule is CCNC(=NCc1cccc(CN2CCCC2=O)c1)NCC(C)(O)c1cc(C)oc1C. The highest BCUT2D eigenvalue weighted by atomic mass is 16.3. The molecule has 3 rings (SSSR count). The van der Waals surface area contributed by atoms with E-state index in [1.165, 1.54) is 0 Å². The normalized spacial score (nSPS) is 16.5. The number of aliphatic imine (C=N–C) groups is 1. The molecule has 1 aromatic heterocycles. The van der Waals surface area contributed by atoms with Crippen LogP contribution in [0.15, 0.2) is 39.7 Å². The number of hydrogen-bond donors (Lipinski definition) is 3. The minimum absolute atomic E-state index is 0.233. The van der Waals surface area contributed by atoms with Gasteiger partial charge in [0.2, 0.25) is 5.91 Å². The average molecular weight is 427 g/mol. The molecule has 0 bridgehead atoms. The Bertz CT molecular complexity index is 933. The molecule has 1 aromatic carbocycles. The van der Waals surface area contributed by atoms with Crippen molar-refractivity contribution in [2.45, 2.75) is 59.2 Å². The largest absolute Gasteiger partial charge is 0.466 e. The zero-order valence-corrected chi connectivity index (χ0v) is 19.0. The maximum Gasteiger partial charge on any atom is 0.222 e. The van der Waals surface area contributed by atoms with Gasteiger partial charge in [-0.05, 0) is 51.3 Å². The van der Waals surface area contributed by atoms with Crippen LogP contribution in [0.2, 0.25) is 0 Å². The van der Waals surface area contributed by atoms with Gasteiger partial charge in [-0.1, -0.05) is 24.3 Å². The van der Waals surface area contributed by atoms with E-state index in [2.05, 4.69) is 27.8 Å². The van der Waals surface area contributed by atoms with E-state index >= 15 is 0 Å². The Labute approximate surface area is 184 Å². The number of carbonyl (C=O) groups is 1. The Hall–Kier alpha value is -2.80. The number of furan rings is 1. The van der Waals surface area contributed by atoms with Gasteiger partial charge >= 0.3 is 0 Å². The Balaban J connectivity index is 1.63. The van der Waals surface area contributed by atoms with E-state index in [1.54, 1.807) is 6.92 Å². The van der Waals surface area contributed by atoms with Crippen LogP contribution >= 0.6 is 0 Å². The van der Waals surface area contributed by atoms with E-state index in [0.29, 0.717) is 32.0 Å². The highest BCUT2D eigenvalue weighted by Crippen LogP contribution is 2.26. The number of amides is 1. The van der Waals surface area contributed by atoms with Gasteiger partial charge in [0.25, 0.3) is 0 Å². The number of aryl methyl sites for hydroxylation is 2. The molecule has 0 saturated carbocycles. The molecule has 31 heavy (non-hydrogen) atoms. The summed E-state index contributed by atoms with van der Waals surface area (Å²) in [7, 11) is 0. The lowest BCUT2D eigenvalue weighted by atomic mass is 9.96. The summed E-state index contributed by atoms with van der Waals surface area (Å²) in [6, 6.07) is 10.1. The first-order valence-corrected chi connectivity index (χ1v) is 11.0. The van der Waals surface area contributed by atoms with Crippen LogP contribution in [0.4, 0.5) is 0 Å². The van der Waals surface area contributed by atoms with Crippen molar-refractivity contribution in [1.82, 2.24) is 15.5 Å². The van der Waals surface area contributed by atoms with E-state index in [1.807, 2.05) is 43.9 Å². The summed E-state index contributed by atoms with van der Waals surface area (Å²) in [6.07, 6.45) is 1.60. The summed E-state index contributed by atoms with van der Waals surface area (Å²) in [5, 5.41) is 17.4. The minimum atomic E-state index is -1.08. The van der Waals surface area contributed by atoms with Crippen molar-refractivity contribution < 1.29 is 14.3 Å². The summed E-state index contributed by atoms with van der Waals surface area (Å²) >= 11 is 0. The summed E-state index contributed by atoms with van der Waals surface area (Å²) in [6.45, 7) is 10.5. The van der Waals surface area contributed by atoms with Crippen LogP contribution in [0.3, 0.4) is 0 Å². The number of guanidine groups is 1. The van der Waals surface area contributed by atoms with Crippen molar-refractivity contribution in [3.63, 3.8) is 0 Å². The van der Waals surface area contributed by atoms with Gasteiger partial charge in [-0.3, -0.25) is 4.79 Å². The van der Waals surface area contributed by atoms with Crippen molar-refractivity contribution in [1.29, 1.82) is 0 Å². The van der Waals surface area contributed by atoms with Crippen LogP contribution < -0.4 is 10.6 Å². The Morgan fingerprint density at radius 1 is 1.26 bits per heavy atom. The predicted molar refractivity (Wildman–Crippen MR) is 122 cm³/mol. The molecule has 0 radical (unpaired) electrons. The number of benzene rings is 1. The van der Waals surface area contributed by atoms with Crippen LogP contribution in [0.1, 0.15) is 54.9 Å².